The van der Waals surface area contributed by atoms with Crippen LogP contribution in [-0.4, -0.2) is 20.9 Å². The Kier molecular flexibility index (Phi) is 3.92. The summed E-state index contributed by atoms with van der Waals surface area (Å²) in [6, 6.07) is 6.97. The van der Waals surface area contributed by atoms with Gasteiger partial charge in [-0.3, -0.25) is 0 Å². The molecular formula is C9H14O2S3. The van der Waals surface area contributed by atoms with Crippen molar-refractivity contribution in [2.75, 3.05) is 12.5 Å². The van der Waals surface area contributed by atoms with Gasteiger partial charge in [-0.2, -0.15) is 9.93 Å². The van der Waals surface area contributed by atoms with Crippen molar-refractivity contribution in [3.63, 3.8) is 0 Å². The van der Waals surface area contributed by atoms with Gasteiger partial charge < -0.3 is 0 Å². The van der Waals surface area contributed by atoms with E-state index in [0.717, 1.165) is 15.4 Å². The van der Waals surface area contributed by atoms with E-state index in [0.29, 0.717) is 4.90 Å². The molecule has 0 radical (unpaired) electrons. The molecule has 0 atom stereocenters. The highest BCUT2D eigenvalue weighted by molar-refractivity contribution is 9.11. The molecule has 14 heavy (non-hydrogen) atoms. The Hall–Kier alpha value is -0.130. The van der Waals surface area contributed by atoms with E-state index < -0.39 is 18.8 Å². The van der Waals surface area contributed by atoms with Crippen LogP contribution in [0.15, 0.2) is 29.2 Å². The lowest BCUT2D eigenvalue weighted by molar-refractivity contribution is 0.611. The van der Waals surface area contributed by atoms with Crippen molar-refractivity contribution >= 4 is 28.6 Å². The Morgan fingerprint density at radius 2 is 1.64 bits per heavy atom. The first kappa shape index (κ1) is 11.9. The zero-order valence-electron chi connectivity index (χ0n) is 8.39. The van der Waals surface area contributed by atoms with E-state index >= 15 is 0 Å². The normalized spacial score (nSPS) is 12.6. The molecule has 0 heterocycles. The van der Waals surface area contributed by atoms with Crippen molar-refractivity contribution in [1.82, 2.24) is 0 Å². The van der Waals surface area contributed by atoms with Crippen LogP contribution in [0.4, 0.5) is 0 Å². The maximum atomic E-state index is 11.7. The molecule has 0 amide bonds. The van der Waals surface area contributed by atoms with Gasteiger partial charge in [0, 0.05) is 9.83 Å². The average molecular weight is 250 g/mol. The van der Waals surface area contributed by atoms with Crippen LogP contribution in [0.2, 0.25) is 0 Å². The summed E-state index contributed by atoms with van der Waals surface area (Å²) in [5.41, 5.74) is 1.07. The first-order valence-electron chi connectivity index (χ1n) is 4.10. The SMILES string of the molecule is Cc1ccc(S(=O)(=O)S[SH](C)C)cc1. The molecule has 5 heteroatoms. The molecular weight excluding hydrogens is 236 g/mol. The lowest BCUT2D eigenvalue weighted by Crippen LogP contribution is -1.94. The maximum absolute atomic E-state index is 11.7. The van der Waals surface area contributed by atoms with Gasteiger partial charge in [0.1, 0.15) is 0 Å². The van der Waals surface area contributed by atoms with Gasteiger partial charge in [0.05, 0.1) is 4.90 Å². The molecule has 1 rings (SSSR count). The molecule has 2 nitrogen and oxygen atoms in total. The van der Waals surface area contributed by atoms with Crippen molar-refractivity contribution in [3.8, 4) is 0 Å². The van der Waals surface area contributed by atoms with Gasteiger partial charge in [-0.15, -0.1) is 0 Å². The molecule has 0 saturated carbocycles. The summed E-state index contributed by atoms with van der Waals surface area (Å²) in [6.07, 6.45) is 3.87. The predicted molar refractivity (Wildman–Crippen MR) is 66.8 cm³/mol. The number of aryl methyl sites for hydroxylation is 1. The zero-order chi connectivity index (χ0) is 10.8. The van der Waals surface area contributed by atoms with Crippen molar-refractivity contribution in [1.29, 1.82) is 0 Å². The zero-order valence-corrected chi connectivity index (χ0v) is 10.9. The molecule has 0 aliphatic carbocycles. The molecule has 1 aromatic rings. The fourth-order valence-corrected chi connectivity index (χ4v) is 7.97. The fourth-order valence-electron chi connectivity index (χ4n) is 0.944. The van der Waals surface area contributed by atoms with Gasteiger partial charge in [-0.05, 0) is 31.6 Å². The first-order chi connectivity index (χ1) is 6.42. The summed E-state index contributed by atoms with van der Waals surface area (Å²) in [5.74, 6) is 0. The second kappa shape index (κ2) is 4.59. The highest BCUT2D eigenvalue weighted by Gasteiger charge is 2.15. The maximum Gasteiger partial charge on any atom is 0.238 e. The van der Waals surface area contributed by atoms with Gasteiger partial charge in [-0.1, -0.05) is 17.7 Å². The molecule has 0 aliphatic rings. The van der Waals surface area contributed by atoms with E-state index in [1.54, 1.807) is 12.1 Å². The summed E-state index contributed by atoms with van der Waals surface area (Å²) in [4.78, 5) is 0.407. The van der Waals surface area contributed by atoms with Crippen molar-refractivity contribution in [2.24, 2.45) is 0 Å². The van der Waals surface area contributed by atoms with Crippen molar-refractivity contribution < 1.29 is 8.42 Å². The molecule has 0 aromatic heterocycles. The first-order valence-corrected chi connectivity index (χ1v) is 9.76. The van der Waals surface area contributed by atoms with Crippen LogP contribution in [0.5, 0.6) is 0 Å². The Labute approximate surface area is 91.2 Å². The van der Waals surface area contributed by atoms with Crippen LogP contribution in [0.3, 0.4) is 0 Å². The summed E-state index contributed by atoms with van der Waals surface area (Å²) in [5, 5.41) is 0. The number of hydrogen-bond donors (Lipinski definition) is 1. The molecule has 0 spiro atoms. The lowest BCUT2D eigenvalue weighted by Gasteiger charge is -2.08. The molecule has 0 unspecified atom stereocenters. The van der Waals surface area contributed by atoms with Crippen LogP contribution >= 0.6 is 19.8 Å². The summed E-state index contributed by atoms with van der Waals surface area (Å²) < 4.78 is 23.5. The molecule has 0 saturated heterocycles. The second-order valence-corrected chi connectivity index (χ2v) is 11.6. The smallest absolute Gasteiger partial charge is 0.211 e. The number of rotatable bonds is 3. The van der Waals surface area contributed by atoms with Crippen molar-refractivity contribution in [2.45, 2.75) is 11.8 Å². The fraction of sp³-hybridized carbons (Fsp3) is 0.333. The van der Waals surface area contributed by atoms with Crippen LogP contribution in [0.1, 0.15) is 5.56 Å². The van der Waals surface area contributed by atoms with E-state index in [9.17, 15) is 8.42 Å². The van der Waals surface area contributed by atoms with E-state index in [-0.39, 0.29) is 0 Å². The number of hydrogen-bond acceptors (Lipinski definition) is 3. The number of thiol groups is 1. The minimum absolute atomic E-state index is 0.407. The molecule has 0 bridgehead atoms. The molecule has 0 fully saturated rings. The molecule has 80 valence electrons. The third-order valence-corrected chi connectivity index (χ3v) is 9.41. The van der Waals surface area contributed by atoms with Crippen LogP contribution in [-0.2, 0) is 8.87 Å². The largest absolute Gasteiger partial charge is 0.238 e. The van der Waals surface area contributed by atoms with E-state index in [1.807, 2.05) is 31.6 Å². The standard InChI is InChI=1S/C9H14O2S3/c1-8-4-6-9(7-5-8)14(10,11)12-13(2)3/h4-7,13H,1-3H3. The van der Waals surface area contributed by atoms with Gasteiger partial charge in [0.15, 0.2) is 0 Å². The van der Waals surface area contributed by atoms with Gasteiger partial charge in [-0.25, -0.2) is 8.42 Å². The van der Waals surface area contributed by atoms with E-state index in [2.05, 4.69) is 0 Å². The Balaban J connectivity index is 2.99. The molecule has 1 aromatic carbocycles. The summed E-state index contributed by atoms with van der Waals surface area (Å²) >= 11 is 0. The molecule has 0 N–H and O–H groups in total. The lowest BCUT2D eigenvalue weighted by atomic mass is 10.2. The minimum atomic E-state index is -3.13. The van der Waals surface area contributed by atoms with Gasteiger partial charge in [0.25, 0.3) is 0 Å². The Bertz CT molecular complexity index is 393. The second-order valence-electron chi connectivity index (χ2n) is 3.15. The summed E-state index contributed by atoms with van der Waals surface area (Å²) in [6.45, 7) is 1.94. The third kappa shape index (κ3) is 3.22. The van der Waals surface area contributed by atoms with Gasteiger partial charge in [0.2, 0.25) is 8.87 Å². The summed E-state index contributed by atoms with van der Waals surface area (Å²) in [7, 11) is -2.57. The topological polar surface area (TPSA) is 34.1 Å². The van der Waals surface area contributed by atoms with E-state index in [1.165, 1.54) is 0 Å². The van der Waals surface area contributed by atoms with Crippen molar-refractivity contribution in [3.05, 3.63) is 29.8 Å². The highest BCUT2D eigenvalue weighted by atomic mass is 33.5. The Morgan fingerprint density at radius 3 is 2.07 bits per heavy atom. The van der Waals surface area contributed by atoms with Crippen LogP contribution in [0, 0.1) is 6.92 Å². The minimum Gasteiger partial charge on any atom is -0.211 e. The van der Waals surface area contributed by atoms with E-state index in [4.69, 9.17) is 0 Å². The van der Waals surface area contributed by atoms with Crippen LogP contribution in [0.25, 0.3) is 0 Å². The monoisotopic (exact) mass is 250 g/mol. The Morgan fingerprint density at radius 1 is 1.14 bits per heavy atom. The number of benzene rings is 1. The molecule has 0 aliphatic heterocycles. The average Bonchev–Trinajstić information content (AvgIpc) is 2.02. The predicted octanol–water partition coefficient (Wildman–Crippen LogP) is 2.59. The quantitative estimate of drug-likeness (QED) is 0.661. The highest BCUT2D eigenvalue weighted by Crippen LogP contribution is 2.41. The van der Waals surface area contributed by atoms with Gasteiger partial charge >= 0.3 is 0 Å². The third-order valence-electron chi connectivity index (χ3n) is 1.56. The van der Waals surface area contributed by atoms with Crippen LogP contribution < -0.4 is 0 Å².